The third-order valence-corrected chi connectivity index (χ3v) is 7.11. The smallest absolute Gasteiger partial charge is 0.411 e. The molecule has 4 rings (SSSR count). The molecule has 0 spiro atoms. The standard InChI is InChI=1S/C31H33FN6O7/c1-17(2)24(25(40)27-36-37-29(45-27)31(3,4)19-12-13-20(32)22(14-19)43-5)35-23(39)16-38-26(18-10-8-7-9-11-18)33-15-21(28(38)41)34-30(42)44-6/h7-15,17,24H,16H2,1-6H3,(H,34,42)(H,35,39). The van der Waals surface area contributed by atoms with Crippen molar-refractivity contribution < 1.29 is 32.7 Å². The number of ether oxygens (including phenoxy) is 2. The van der Waals surface area contributed by atoms with Gasteiger partial charge in [-0.2, -0.15) is 0 Å². The van der Waals surface area contributed by atoms with Crippen LogP contribution in [0, 0.1) is 11.7 Å². The van der Waals surface area contributed by atoms with Gasteiger partial charge in [0, 0.05) is 5.56 Å². The van der Waals surface area contributed by atoms with Crippen LogP contribution in [0.1, 0.15) is 49.8 Å². The first-order valence-electron chi connectivity index (χ1n) is 13.9. The molecule has 2 aromatic carbocycles. The van der Waals surface area contributed by atoms with Crippen molar-refractivity contribution in [1.29, 1.82) is 0 Å². The van der Waals surface area contributed by atoms with Crippen molar-refractivity contribution in [3.8, 4) is 17.1 Å². The molecule has 14 heteroatoms. The first-order chi connectivity index (χ1) is 21.4. The van der Waals surface area contributed by atoms with Gasteiger partial charge in [0.05, 0.1) is 31.9 Å². The summed E-state index contributed by atoms with van der Waals surface area (Å²) in [5.74, 6) is -2.31. The number of hydrogen-bond donors (Lipinski definition) is 2. The van der Waals surface area contributed by atoms with Crippen LogP contribution in [-0.4, -0.2) is 57.8 Å². The maximum absolute atomic E-state index is 14.0. The summed E-state index contributed by atoms with van der Waals surface area (Å²) >= 11 is 0. The molecule has 1 unspecified atom stereocenters. The molecule has 2 aromatic heterocycles. The molecule has 0 aliphatic rings. The summed E-state index contributed by atoms with van der Waals surface area (Å²) in [6.07, 6.45) is 0.288. The van der Waals surface area contributed by atoms with Gasteiger partial charge in [-0.3, -0.25) is 24.3 Å². The molecule has 0 fully saturated rings. The van der Waals surface area contributed by atoms with Gasteiger partial charge >= 0.3 is 6.09 Å². The van der Waals surface area contributed by atoms with Gasteiger partial charge in [0.25, 0.3) is 11.4 Å². The fourth-order valence-electron chi connectivity index (χ4n) is 4.48. The van der Waals surface area contributed by atoms with Crippen LogP contribution in [0.15, 0.2) is 63.9 Å². The molecule has 13 nitrogen and oxygen atoms in total. The number of aromatic nitrogens is 4. The zero-order chi connectivity index (χ0) is 32.9. The van der Waals surface area contributed by atoms with Crippen molar-refractivity contribution >= 4 is 23.5 Å². The first kappa shape index (κ1) is 32.5. The summed E-state index contributed by atoms with van der Waals surface area (Å²) in [5.41, 5.74) is -0.685. The molecule has 2 amide bonds. The van der Waals surface area contributed by atoms with Crippen molar-refractivity contribution in [3.05, 3.63) is 88.2 Å². The van der Waals surface area contributed by atoms with Gasteiger partial charge in [0.15, 0.2) is 11.6 Å². The van der Waals surface area contributed by atoms with Crippen LogP contribution in [-0.2, 0) is 21.5 Å². The molecule has 0 aliphatic carbocycles. The lowest BCUT2D eigenvalue weighted by molar-refractivity contribution is -0.122. The van der Waals surface area contributed by atoms with E-state index in [9.17, 15) is 23.6 Å². The van der Waals surface area contributed by atoms with E-state index in [4.69, 9.17) is 9.15 Å². The van der Waals surface area contributed by atoms with E-state index in [0.717, 1.165) is 11.7 Å². The SMILES string of the molecule is COC(=O)Nc1cnc(-c2ccccc2)n(CC(=O)NC(C(=O)c2nnc(C(C)(C)c3ccc(F)c(OC)c3)o2)C(C)C)c1=O. The minimum absolute atomic E-state index is 0.0373. The number of methoxy groups -OCH3 is 2. The molecule has 4 aromatic rings. The molecule has 0 aliphatic heterocycles. The maximum atomic E-state index is 14.0. The molecule has 0 radical (unpaired) electrons. The van der Waals surface area contributed by atoms with Gasteiger partial charge in [-0.1, -0.05) is 50.2 Å². The summed E-state index contributed by atoms with van der Waals surface area (Å²) in [6.45, 7) is 6.44. The number of benzene rings is 2. The molecule has 236 valence electrons. The minimum atomic E-state index is -1.10. The fourth-order valence-corrected chi connectivity index (χ4v) is 4.48. The van der Waals surface area contributed by atoms with E-state index in [-0.39, 0.29) is 29.0 Å². The zero-order valence-corrected chi connectivity index (χ0v) is 25.6. The van der Waals surface area contributed by atoms with Crippen molar-refractivity contribution in [1.82, 2.24) is 25.1 Å². The average molecular weight is 621 g/mol. The number of Topliss-reactive ketones (excluding diaryl/α,β-unsaturated/α-hetero) is 1. The first-order valence-corrected chi connectivity index (χ1v) is 13.9. The van der Waals surface area contributed by atoms with E-state index in [2.05, 4.69) is 30.6 Å². The third kappa shape index (κ3) is 7.06. The second kappa shape index (κ2) is 13.5. The van der Waals surface area contributed by atoms with Gasteiger partial charge in [0.1, 0.15) is 18.1 Å². The topological polar surface area (TPSA) is 168 Å². The second-order valence-electron chi connectivity index (χ2n) is 10.9. The number of nitrogens with zero attached hydrogens (tertiary/aromatic N) is 4. The molecular formula is C31H33FN6O7. The molecular weight excluding hydrogens is 587 g/mol. The van der Waals surface area contributed by atoms with Crippen LogP contribution in [0.2, 0.25) is 0 Å². The van der Waals surface area contributed by atoms with Crippen molar-refractivity contribution in [3.63, 3.8) is 0 Å². The van der Waals surface area contributed by atoms with Crippen molar-refractivity contribution in [2.45, 2.75) is 45.7 Å². The normalized spacial score (nSPS) is 12.0. The third-order valence-electron chi connectivity index (χ3n) is 7.11. The Morgan fingerprint density at radius 1 is 1.07 bits per heavy atom. The van der Waals surface area contributed by atoms with Crippen LogP contribution >= 0.6 is 0 Å². The zero-order valence-electron chi connectivity index (χ0n) is 25.6. The van der Waals surface area contributed by atoms with Crippen LogP contribution in [0.5, 0.6) is 5.75 Å². The number of anilines is 1. The molecule has 0 saturated carbocycles. The van der Waals surface area contributed by atoms with Crippen LogP contribution in [0.3, 0.4) is 0 Å². The highest BCUT2D eigenvalue weighted by atomic mass is 19.1. The number of rotatable bonds is 11. The summed E-state index contributed by atoms with van der Waals surface area (Å²) in [5, 5.41) is 13.0. The quantitative estimate of drug-likeness (QED) is 0.234. The number of halogens is 1. The Morgan fingerprint density at radius 2 is 1.78 bits per heavy atom. The van der Waals surface area contributed by atoms with E-state index < -0.39 is 53.1 Å². The number of carbonyl (C=O) groups excluding carboxylic acids is 3. The monoisotopic (exact) mass is 620 g/mol. The minimum Gasteiger partial charge on any atom is -0.494 e. The Balaban J connectivity index is 1.60. The van der Waals surface area contributed by atoms with Gasteiger partial charge < -0.3 is 19.2 Å². The average Bonchev–Trinajstić information content (AvgIpc) is 3.53. The number of hydrogen-bond acceptors (Lipinski definition) is 10. The largest absolute Gasteiger partial charge is 0.494 e. The lowest BCUT2D eigenvalue weighted by Crippen LogP contribution is -2.46. The molecule has 1 atom stereocenters. The number of amides is 2. The molecule has 0 saturated heterocycles. The lowest BCUT2D eigenvalue weighted by atomic mass is 9.84. The Morgan fingerprint density at radius 3 is 2.42 bits per heavy atom. The summed E-state index contributed by atoms with van der Waals surface area (Å²) in [4.78, 5) is 56.3. The van der Waals surface area contributed by atoms with Gasteiger partial charge in [-0.25, -0.2) is 14.2 Å². The van der Waals surface area contributed by atoms with Crippen LogP contribution in [0.4, 0.5) is 14.9 Å². The van der Waals surface area contributed by atoms with Crippen LogP contribution in [0.25, 0.3) is 11.4 Å². The van der Waals surface area contributed by atoms with Gasteiger partial charge in [-0.05, 0) is 37.5 Å². The predicted molar refractivity (Wildman–Crippen MR) is 160 cm³/mol. The highest BCUT2D eigenvalue weighted by Gasteiger charge is 2.35. The number of nitrogens with one attached hydrogen (secondary N) is 2. The number of carbonyl (C=O) groups is 3. The summed E-state index contributed by atoms with van der Waals surface area (Å²) in [7, 11) is 2.49. The molecule has 45 heavy (non-hydrogen) atoms. The Hall–Kier alpha value is -5.40. The van der Waals surface area contributed by atoms with E-state index >= 15 is 0 Å². The van der Waals surface area contributed by atoms with Crippen molar-refractivity contribution in [2.75, 3.05) is 19.5 Å². The predicted octanol–water partition coefficient (Wildman–Crippen LogP) is 3.97. The molecule has 2 N–H and O–H groups in total. The van der Waals surface area contributed by atoms with Gasteiger partial charge in [0.2, 0.25) is 17.6 Å². The lowest BCUT2D eigenvalue weighted by Gasteiger charge is -2.22. The van der Waals surface area contributed by atoms with E-state index in [1.807, 2.05) is 0 Å². The number of ketones is 1. The van der Waals surface area contributed by atoms with Crippen molar-refractivity contribution in [2.24, 2.45) is 5.92 Å². The second-order valence-corrected chi connectivity index (χ2v) is 10.9. The Kier molecular flexibility index (Phi) is 9.75. The summed E-state index contributed by atoms with van der Waals surface area (Å²) < 4.78 is 30.5. The Labute approximate surface area is 257 Å². The fraction of sp³-hybridized carbons (Fsp3) is 0.323. The molecule has 2 heterocycles. The van der Waals surface area contributed by atoms with Crippen LogP contribution < -0.4 is 20.9 Å². The highest BCUT2D eigenvalue weighted by molar-refractivity contribution is 5.98. The summed E-state index contributed by atoms with van der Waals surface area (Å²) in [6, 6.07) is 11.9. The van der Waals surface area contributed by atoms with Gasteiger partial charge in [-0.15, -0.1) is 10.2 Å². The maximum Gasteiger partial charge on any atom is 0.411 e. The Bertz CT molecular complexity index is 1770. The van der Waals surface area contributed by atoms with E-state index in [1.54, 1.807) is 64.1 Å². The highest BCUT2D eigenvalue weighted by Crippen LogP contribution is 2.33. The van der Waals surface area contributed by atoms with E-state index in [1.165, 1.54) is 25.4 Å². The molecule has 0 bridgehead atoms. The van der Waals surface area contributed by atoms with E-state index in [0.29, 0.717) is 11.1 Å².